The van der Waals surface area contributed by atoms with Gasteiger partial charge in [0.25, 0.3) is 0 Å². The van der Waals surface area contributed by atoms with Gasteiger partial charge in [-0.3, -0.25) is 9.80 Å². The van der Waals surface area contributed by atoms with E-state index in [-0.39, 0.29) is 40.0 Å². The Bertz CT molecular complexity index is 1790. The van der Waals surface area contributed by atoms with Crippen LogP contribution < -0.4 is 0 Å². The third-order valence-corrected chi connectivity index (χ3v) is 15.5. The minimum absolute atomic E-state index is 0.00722. The van der Waals surface area contributed by atoms with Gasteiger partial charge in [-0.2, -0.15) is 0 Å². The van der Waals surface area contributed by atoms with Crippen molar-refractivity contribution < 1.29 is 23.8 Å². The van der Waals surface area contributed by atoms with Crippen LogP contribution in [0.2, 0.25) is 0 Å². The van der Waals surface area contributed by atoms with Crippen molar-refractivity contribution in [2.45, 2.75) is 105 Å². The fraction of sp³-hybridized carbons (Fsp3) is 0.696. The predicted molar refractivity (Wildman–Crippen MR) is 218 cm³/mol. The number of nitrogens with zero attached hydrogens (tertiary/aromatic N) is 6. The molecular weight excluding hydrogens is 720 g/mol. The molecule has 10 nitrogen and oxygen atoms in total. The first-order valence-electron chi connectivity index (χ1n) is 21.9. The van der Waals surface area contributed by atoms with E-state index in [1.165, 1.54) is 37.3 Å². The molecule has 11 heteroatoms. The lowest BCUT2D eigenvalue weighted by molar-refractivity contribution is -0.0764. The molecule has 2 aromatic carbocycles. The van der Waals surface area contributed by atoms with Crippen LogP contribution in [-0.4, -0.2) is 144 Å². The molecule has 3 aliphatic heterocycles. The van der Waals surface area contributed by atoms with Crippen molar-refractivity contribution in [3.05, 3.63) is 71.5 Å². The van der Waals surface area contributed by atoms with Crippen molar-refractivity contribution in [2.24, 2.45) is 17.8 Å². The molecule has 1 N–H and O–H groups in total. The quantitative estimate of drug-likeness (QED) is 0.256. The lowest BCUT2D eigenvalue weighted by Gasteiger charge is -2.60. The largest absolute Gasteiger partial charge is 0.388 e. The molecule has 3 saturated heterocycles. The number of carbonyl (C=O) groups is 2. The third kappa shape index (κ3) is 7.06. The van der Waals surface area contributed by atoms with E-state index >= 15 is 0 Å². The minimum Gasteiger partial charge on any atom is -0.388 e. The Morgan fingerprint density at radius 1 is 0.719 bits per heavy atom. The fourth-order valence-electron chi connectivity index (χ4n) is 11.4. The maximum Gasteiger partial charge on any atom is 0.320 e. The summed E-state index contributed by atoms with van der Waals surface area (Å²) in [6.07, 6.45) is 12.4. The maximum atomic E-state index is 14.0. The number of β-amino-alcohol motifs (C(OH)–C–C–N with tert-alkyl or cyclic N) is 1. The van der Waals surface area contributed by atoms with Crippen molar-refractivity contribution in [1.29, 1.82) is 0 Å². The number of urea groups is 2. The van der Waals surface area contributed by atoms with Gasteiger partial charge in [0.2, 0.25) is 0 Å². The number of halogens is 1. The van der Waals surface area contributed by atoms with Gasteiger partial charge in [0.05, 0.1) is 47.5 Å². The molecule has 8 aliphatic rings. The molecule has 0 atom stereocenters. The van der Waals surface area contributed by atoms with Gasteiger partial charge in [-0.25, -0.2) is 14.0 Å². The van der Waals surface area contributed by atoms with Crippen molar-refractivity contribution in [1.82, 2.24) is 29.4 Å². The van der Waals surface area contributed by atoms with Crippen molar-refractivity contribution in [2.75, 3.05) is 80.7 Å². The van der Waals surface area contributed by atoms with E-state index in [1.807, 2.05) is 11.0 Å². The number of hydrogen-bond acceptors (Lipinski definition) is 6. The first kappa shape index (κ1) is 39.2. The molecule has 57 heavy (non-hydrogen) atoms. The Morgan fingerprint density at radius 2 is 1.25 bits per heavy atom. The van der Waals surface area contributed by atoms with Crippen LogP contribution in [0.3, 0.4) is 0 Å². The van der Waals surface area contributed by atoms with Gasteiger partial charge in [-0.15, -0.1) is 0 Å². The first-order valence-corrected chi connectivity index (χ1v) is 21.9. The number of amides is 4. The van der Waals surface area contributed by atoms with E-state index in [9.17, 15) is 19.1 Å². The molecule has 8 fully saturated rings. The molecular formula is C46H65FN6O4. The number of aliphatic hydroxyl groups is 1. The van der Waals surface area contributed by atoms with Gasteiger partial charge < -0.3 is 29.4 Å². The second-order valence-electron chi connectivity index (χ2n) is 20.1. The van der Waals surface area contributed by atoms with Crippen LogP contribution in [0.4, 0.5) is 14.0 Å². The number of carbonyl (C=O) groups excluding carboxylic acids is 2. The zero-order chi connectivity index (χ0) is 39.8. The van der Waals surface area contributed by atoms with E-state index in [4.69, 9.17) is 4.74 Å². The molecule has 5 saturated carbocycles. The molecule has 0 radical (unpaired) electrons. The third-order valence-electron chi connectivity index (χ3n) is 15.5. The molecule has 310 valence electrons. The van der Waals surface area contributed by atoms with Crippen LogP contribution in [-0.2, 0) is 15.8 Å². The highest BCUT2D eigenvalue weighted by atomic mass is 19.1. The van der Waals surface area contributed by atoms with E-state index in [0.717, 1.165) is 103 Å². The number of benzene rings is 2. The molecule has 0 unspecified atom stereocenters. The maximum absolute atomic E-state index is 14.0. The van der Waals surface area contributed by atoms with Gasteiger partial charge in [-0.1, -0.05) is 42.5 Å². The standard InChI is InChI=1S/C23H32FN3O2.C23H33N3O2/c1-25(2)23(19-4-3-5-20(24)10-19)14-22(15-23)16-26(9-8-18-12-29-13-18)21(28)27(22)11-17-6-7-17;1-24(2)23(19-7-4-3-5-8-19)14-21(15-23)16-25(17-22(28)11-6-12-22)20(27)26(21)13-18-9-10-18/h3-5,10,17-18H,6-9,11-16H2,1-2H3;3-5,7-8,18,28H,6,9-17H2,1-2H3. The zero-order valence-corrected chi connectivity index (χ0v) is 34.8. The van der Waals surface area contributed by atoms with Gasteiger partial charge in [0, 0.05) is 38.6 Å². The normalized spacial score (nSPS) is 33.1. The molecule has 0 aromatic heterocycles. The van der Waals surface area contributed by atoms with Crippen LogP contribution in [0.25, 0.3) is 0 Å². The summed E-state index contributed by atoms with van der Waals surface area (Å²) in [4.78, 5) is 39.6. The SMILES string of the molecule is CN(C)C1(c2cccc(F)c2)CC2(CN(CCC3COC3)C(=O)N2CC2CC2)C1.CN(C)C1(c2ccccc2)CC2(CN(CC3(O)CCC3)C(=O)N2CC2CC2)C1. The van der Waals surface area contributed by atoms with Crippen molar-refractivity contribution in [3.8, 4) is 0 Å². The highest BCUT2D eigenvalue weighted by Crippen LogP contribution is 2.59. The van der Waals surface area contributed by atoms with Crippen LogP contribution in [0.15, 0.2) is 54.6 Å². The highest BCUT2D eigenvalue weighted by molar-refractivity contribution is 5.80. The second-order valence-corrected chi connectivity index (χ2v) is 20.1. The Hall–Kier alpha value is -3.25. The average Bonchev–Trinajstić information content (AvgIpc) is 4.06. The monoisotopic (exact) mass is 785 g/mol. The Kier molecular flexibility index (Phi) is 9.97. The van der Waals surface area contributed by atoms with Crippen molar-refractivity contribution in [3.63, 3.8) is 0 Å². The topological polar surface area (TPSA) is 83.0 Å². The van der Waals surface area contributed by atoms with Crippen LogP contribution >= 0.6 is 0 Å². The Labute approximate surface area is 339 Å². The summed E-state index contributed by atoms with van der Waals surface area (Å²) in [5.41, 5.74) is 1.31. The van der Waals surface area contributed by atoms with Gasteiger partial charge in [0.1, 0.15) is 5.82 Å². The average molecular weight is 785 g/mol. The molecule has 3 heterocycles. The summed E-state index contributed by atoms with van der Waals surface area (Å²) in [5.74, 6) is 1.76. The predicted octanol–water partition coefficient (Wildman–Crippen LogP) is 6.34. The van der Waals surface area contributed by atoms with E-state index in [1.54, 1.807) is 12.1 Å². The number of rotatable bonds is 13. The van der Waals surface area contributed by atoms with Crippen LogP contribution in [0.1, 0.15) is 88.2 Å². The lowest BCUT2D eigenvalue weighted by atomic mass is 9.58. The van der Waals surface area contributed by atoms with Gasteiger partial charge in [-0.05, 0) is 140 Å². The second kappa shape index (κ2) is 14.5. The Morgan fingerprint density at radius 3 is 1.72 bits per heavy atom. The number of hydrogen-bond donors (Lipinski definition) is 1. The molecule has 2 aromatic rings. The van der Waals surface area contributed by atoms with Gasteiger partial charge in [0.15, 0.2) is 0 Å². The highest BCUT2D eigenvalue weighted by Gasteiger charge is 2.66. The van der Waals surface area contributed by atoms with Crippen LogP contribution in [0, 0.1) is 23.6 Å². The molecule has 10 rings (SSSR count). The number of ether oxygens (including phenoxy) is 1. The van der Waals surface area contributed by atoms with Gasteiger partial charge >= 0.3 is 12.1 Å². The summed E-state index contributed by atoms with van der Waals surface area (Å²) in [6, 6.07) is 18.1. The van der Waals surface area contributed by atoms with Crippen molar-refractivity contribution >= 4 is 12.1 Å². The zero-order valence-electron chi connectivity index (χ0n) is 34.8. The Balaban J connectivity index is 0.000000148. The van der Waals surface area contributed by atoms with E-state index in [0.29, 0.717) is 24.3 Å². The smallest absolute Gasteiger partial charge is 0.320 e. The summed E-state index contributed by atoms with van der Waals surface area (Å²) in [6.45, 7) is 6.35. The summed E-state index contributed by atoms with van der Waals surface area (Å²) < 4.78 is 19.3. The fourth-order valence-corrected chi connectivity index (χ4v) is 11.4. The lowest BCUT2D eigenvalue weighted by Crippen LogP contribution is -2.67. The summed E-state index contributed by atoms with van der Waals surface area (Å²) in [7, 11) is 8.48. The summed E-state index contributed by atoms with van der Waals surface area (Å²) in [5, 5.41) is 10.7. The van der Waals surface area contributed by atoms with E-state index in [2.05, 4.69) is 83.0 Å². The molecule has 4 amide bonds. The molecule has 2 spiro atoms. The molecule has 0 bridgehead atoms. The minimum atomic E-state index is -0.645. The first-order chi connectivity index (χ1) is 27.3. The summed E-state index contributed by atoms with van der Waals surface area (Å²) >= 11 is 0. The van der Waals surface area contributed by atoms with Crippen LogP contribution in [0.5, 0.6) is 0 Å². The van der Waals surface area contributed by atoms with E-state index < -0.39 is 5.60 Å². The molecule has 5 aliphatic carbocycles.